The van der Waals surface area contributed by atoms with Crippen molar-refractivity contribution in [2.75, 3.05) is 50.8 Å². The number of hydrogen-bond donors (Lipinski definition) is 2. The Hall–Kier alpha value is -2.14. The van der Waals surface area contributed by atoms with Crippen molar-refractivity contribution in [2.24, 2.45) is 0 Å². The molecule has 2 N–H and O–H groups in total. The first-order valence-corrected chi connectivity index (χ1v) is 17.3. The van der Waals surface area contributed by atoms with E-state index in [1.165, 1.54) is 36.8 Å². The molecule has 0 spiro atoms. The van der Waals surface area contributed by atoms with Crippen LogP contribution in [0.5, 0.6) is 0 Å². The third-order valence-corrected chi connectivity index (χ3v) is 10.1. The number of likely N-dealkylation sites (tertiary alicyclic amines) is 2. The number of amides is 2. The van der Waals surface area contributed by atoms with E-state index in [-0.39, 0.29) is 11.8 Å². The predicted octanol–water partition coefficient (Wildman–Crippen LogP) is 4.62. The van der Waals surface area contributed by atoms with E-state index in [1.54, 1.807) is 21.6 Å². The molecule has 2 atom stereocenters. The number of carbonyl (C=O) groups is 2. The third-order valence-electron chi connectivity index (χ3n) is 7.66. The zero-order valence-electron chi connectivity index (χ0n) is 23.5. The number of nitrogens with one attached hydrogen (secondary N) is 2. The van der Waals surface area contributed by atoms with Crippen LogP contribution < -0.4 is 10.6 Å². The van der Waals surface area contributed by atoms with Gasteiger partial charge in [-0.2, -0.15) is 0 Å². The van der Waals surface area contributed by atoms with E-state index in [4.69, 9.17) is 0 Å². The van der Waals surface area contributed by atoms with Crippen LogP contribution in [0, 0.1) is 0 Å². The molecule has 2 aliphatic heterocycles. The molecule has 2 amide bonds. The lowest BCUT2D eigenvalue weighted by atomic mass is 10.1. The number of pyridine rings is 2. The summed E-state index contributed by atoms with van der Waals surface area (Å²) in [4.78, 5) is 38.0. The topological polar surface area (TPSA) is 90.5 Å². The molecule has 1 unspecified atom stereocenters. The number of carbonyl (C=O) groups excluding carboxylic acids is 2. The van der Waals surface area contributed by atoms with E-state index < -0.39 is 0 Å². The quantitative estimate of drug-likeness (QED) is 0.206. The van der Waals surface area contributed by atoms with Crippen LogP contribution in [-0.2, 0) is 9.59 Å². The summed E-state index contributed by atoms with van der Waals surface area (Å²) >= 11 is 0. The number of aromatic nitrogens is 2. The van der Waals surface area contributed by atoms with Gasteiger partial charge in [0.25, 0.3) is 0 Å². The van der Waals surface area contributed by atoms with Crippen molar-refractivity contribution < 1.29 is 9.59 Å². The highest BCUT2D eigenvalue weighted by Crippen LogP contribution is 2.32. The Balaban J connectivity index is 0.951. The van der Waals surface area contributed by atoms with Crippen LogP contribution in [0.3, 0.4) is 0 Å². The molecule has 0 aromatic carbocycles. The first kappa shape index (κ1) is 30.8. The lowest BCUT2D eigenvalue weighted by molar-refractivity contribution is -0.122. The minimum Gasteiger partial charge on any atom is -0.355 e. The Morgan fingerprint density at radius 2 is 1.25 bits per heavy atom. The molecule has 8 nitrogen and oxygen atoms in total. The van der Waals surface area contributed by atoms with Crippen molar-refractivity contribution in [1.29, 1.82) is 0 Å². The maximum Gasteiger partial charge on any atom is 0.220 e. The van der Waals surface area contributed by atoms with Crippen molar-refractivity contribution in [3.63, 3.8) is 0 Å². The van der Waals surface area contributed by atoms with E-state index >= 15 is 0 Å². The maximum absolute atomic E-state index is 12.2. The average Bonchev–Trinajstić information content (AvgIpc) is 3.65. The molecule has 2 aliphatic rings. The fourth-order valence-corrected chi connectivity index (χ4v) is 7.55. The zero-order valence-corrected chi connectivity index (χ0v) is 25.1. The van der Waals surface area contributed by atoms with Crippen LogP contribution in [0.15, 0.2) is 49.1 Å². The summed E-state index contributed by atoms with van der Waals surface area (Å²) in [6.07, 6.45) is 15.2. The fraction of sp³-hybridized carbons (Fsp3) is 0.600. The van der Waals surface area contributed by atoms with Gasteiger partial charge in [0.1, 0.15) is 0 Å². The third kappa shape index (κ3) is 10.4. The highest BCUT2D eigenvalue weighted by molar-refractivity contribution is 8.76. The molecule has 0 radical (unpaired) electrons. The van der Waals surface area contributed by atoms with Gasteiger partial charge in [0, 0.05) is 74.3 Å². The van der Waals surface area contributed by atoms with Crippen molar-refractivity contribution in [3.8, 4) is 0 Å². The van der Waals surface area contributed by atoms with Gasteiger partial charge in [-0.05, 0) is 88.0 Å². The second-order valence-corrected chi connectivity index (χ2v) is 13.2. The fourth-order valence-electron chi connectivity index (χ4n) is 5.73. The van der Waals surface area contributed by atoms with Gasteiger partial charge in [-0.3, -0.25) is 29.4 Å². The van der Waals surface area contributed by atoms with Crippen LogP contribution >= 0.6 is 21.6 Å². The summed E-state index contributed by atoms with van der Waals surface area (Å²) < 4.78 is 0. The second kappa shape index (κ2) is 17.6. The van der Waals surface area contributed by atoms with E-state index in [0.29, 0.717) is 38.0 Å². The average molecular weight is 585 g/mol. The molecule has 2 aromatic heterocycles. The van der Waals surface area contributed by atoms with Crippen LogP contribution in [0.25, 0.3) is 0 Å². The minimum absolute atomic E-state index is 0.135. The van der Waals surface area contributed by atoms with Gasteiger partial charge in [0.15, 0.2) is 0 Å². The highest BCUT2D eigenvalue weighted by atomic mass is 33.1. The van der Waals surface area contributed by atoms with Crippen LogP contribution in [0.1, 0.15) is 74.6 Å². The SMILES string of the molecule is O=C(CCCN1CCCC1c1cccnc1)NCCSSCCNC(=O)CCCN1CCC[C@H]1c1cccnc1. The highest BCUT2D eigenvalue weighted by Gasteiger charge is 2.26. The van der Waals surface area contributed by atoms with E-state index in [1.807, 2.05) is 36.9 Å². The monoisotopic (exact) mass is 584 g/mol. The van der Waals surface area contributed by atoms with Crippen molar-refractivity contribution in [3.05, 3.63) is 60.2 Å². The van der Waals surface area contributed by atoms with E-state index in [9.17, 15) is 9.59 Å². The molecule has 0 bridgehead atoms. The molecule has 10 heteroatoms. The predicted molar refractivity (Wildman–Crippen MR) is 165 cm³/mol. The van der Waals surface area contributed by atoms with Gasteiger partial charge in [0.2, 0.25) is 11.8 Å². The van der Waals surface area contributed by atoms with Crippen LogP contribution in [0.4, 0.5) is 0 Å². The van der Waals surface area contributed by atoms with Gasteiger partial charge in [-0.15, -0.1) is 0 Å². The van der Waals surface area contributed by atoms with E-state index in [0.717, 1.165) is 50.5 Å². The molecule has 218 valence electrons. The largest absolute Gasteiger partial charge is 0.355 e. The molecule has 2 saturated heterocycles. The maximum atomic E-state index is 12.2. The van der Waals surface area contributed by atoms with Gasteiger partial charge in [-0.1, -0.05) is 33.7 Å². The lowest BCUT2D eigenvalue weighted by Gasteiger charge is -2.24. The molecule has 0 aliphatic carbocycles. The smallest absolute Gasteiger partial charge is 0.220 e. The van der Waals surface area contributed by atoms with Gasteiger partial charge < -0.3 is 10.6 Å². The Labute approximate surface area is 247 Å². The standard InChI is InChI=1S/C30H44N6O2S2/c37-29(11-5-19-35-17-3-9-27(35)25-7-1-13-31-23-25)33-15-21-39-40-22-16-34-30(38)12-6-20-36-18-4-10-28(36)26-8-2-14-32-24-26/h1-2,7-8,13-14,23-24,27-28H,3-6,9-12,15-22H2,(H,33,37)(H,34,38)/t27-,28?/m0/s1. The molecule has 2 aromatic rings. The summed E-state index contributed by atoms with van der Waals surface area (Å²) in [5.41, 5.74) is 2.57. The van der Waals surface area contributed by atoms with Crippen LogP contribution in [0.2, 0.25) is 0 Å². The van der Waals surface area contributed by atoms with E-state index in [2.05, 4.69) is 42.5 Å². The zero-order chi connectivity index (χ0) is 27.8. The second-order valence-electron chi connectivity index (χ2n) is 10.5. The number of nitrogens with zero attached hydrogens (tertiary/aromatic N) is 4. The molecule has 2 fully saturated rings. The molecule has 40 heavy (non-hydrogen) atoms. The molecule has 4 heterocycles. The number of rotatable bonds is 17. The Morgan fingerprint density at radius 3 is 1.68 bits per heavy atom. The Morgan fingerprint density at radius 1 is 0.775 bits per heavy atom. The van der Waals surface area contributed by atoms with Gasteiger partial charge in [-0.25, -0.2) is 0 Å². The first-order valence-electron chi connectivity index (χ1n) is 14.8. The number of hydrogen-bond acceptors (Lipinski definition) is 8. The first-order chi connectivity index (χ1) is 19.7. The Bertz CT molecular complexity index is 934. The van der Waals surface area contributed by atoms with Crippen molar-refractivity contribution >= 4 is 33.4 Å². The summed E-state index contributed by atoms with van der Waals surface area (Å²) in [6.45, 7) is 5.46. The van der Waals surface area contributed by atoms with Crippen LogP contribution in [-0.4, -0.2) is 82.4 Å². The summed E-state index contributed by atoms with van der Waals surface area (Å²) in [6, 6.07) is 9.19. The summed E-state index contributed by atoms with van der Waals surface area (Å²) in [5, 5.41) is 6.08. The van der Waals surface area contributed by atoms with Crippen molar-refractivity contribution in [2.45, 2.75) is 63.5 Å². The lowest BCUT2D eigenvalue weighted by Crippen LogP contribution is -2.29. The normalized spacial score (nSPS) is 19.6. The summed E-state index contributed by atoms with van der Waals surface area (Å²) in [7, 11) is 3.49. The molecular formula is C30H44N6O2S2. The van der Waals surface area contributed by atoms with Crippen molar-refractivity contribution in [1.82, 2.24) is 30.4 Å². The molecular weight excluding hydrogens is 541 g/mol. The minimum atomic E-state index is 0.135. The Kier molecular flexibility index (Phi) is 13.6. The molecule has 0 saturated carbocycles. The molecule has 4 rings (SSSR count). The van der Waals surface area contributed by atoms with Gasteiger partial charge >= 0.3 is 0 Å². The van der Waals surface area contributed by atoms with Gasteiger partial charge in [0.05, 0.1) is 0 Å². The summed E-state index contributed by atoms with van der Waals surface area (Å²) in [5.74, 6) is 2.01.